The molecule has 0 radical (unpaired) electrons. The van der Waals surface area contributed by atoms with E-state index in [0.29, 0.717) is 16.1 Å². The number of hydrogen-bond acceptors (Lipinski definition) is 2. The lowest BCUT2D eigenvalue weighted by atomic mass is 10.3. The Morgan fingerprint density at radius 2 is 1.82 bits per heavy atom. The fourth-order valence-electron chi connectivity index (χ4n) is 1.25. The summed E-state index contributed by atoms with van der Waals surface area (Å²) >= 11 is 14.6. The Hall–Kier alpha value is -0.840. The van der Waals surface area contributed by atoms with Crippen LogP contribution in [0.15, 0.2) is 34.9 Å². The second kappa shape index (κ2) is 5.21. The number of aromatic nitrogens is 1. The number of rotatable bonds is 2. The van der Waals surface area contributed by atoms with Crippen molar-refractivity contribution in [1.82, 2.24) is 4.98 Å². The summed E-state index contributed by atoms with van der Waals surface area (Å²) in [5, 5.41) is 2.91. The molecular formula is C11H6BrCl2FN2. The van der Waals surface area contributed by atoms with Gasteiger partial charge < -0.3 is 5.32 Å². The fraction of sp³-hybridized carbons (Fsp3) is 0. The van der Waals surface area contributed by atoms with Gasteiger partial charge in [-0.15, -0.1) is 0 Å². The summed E-state index contributed by atoms with van der Waals surface area (Å²) in [6, 6.07) is 8.30. The molecule has 0 saturated heterocycles. The molecule has 0 saturated carbocycles. The van der Waals surface area contributed by atoms with Crippen LogP contribution in [0.4, 0.5) is 15.9 Å². The molecule has 1 aromatic carbocycles. The maximum Gasteiger partial charge on any atom is 0.160 e. The zero-order valence-corrected chi connectivity index (χ0v) is 11.4. The van der Waals surface area contributed by atoms with E-state index >= 15 is 0 Å². The van der Waals surface area contributed by atoms with Crippen LogP contribution in [-0.4, -0.2) is 4.98 Å². The van der Waals surface area contributed by atoms with E-state index in [1.807, 2.05) is 6.07 Å². The first kappa shape index (κ1) is 12.6. The van der Waals surface area contributed by atoms with Gasteiger partial charge in [0.1, 0.15) is 10.4 Å². The Kier molecular flexibility index (Phi) is 3.86. The minimum Gasteiger partial charge on any atom is -0.340 e. The number of hydrogen-bond donors (Lipinski definition) is 1. The zero-order valence-electron chi connectivity index (χ0n) is 8.35. The molecular weight excluding hydrogens is 330 g/mol. The molecule has 1 heterocycles. The average molecular weight is 336 g/mol. The van der Waals surface area contributed by atoms with Crippen molar-refractivity contribution < 1.29 is 4.39 Å². The van der Waals surface area contributed by atoms with Crippen molar-refractivity contribution in [2.24, 2.45) is 0 Å². The molecule has 0 amide bonds. The largest absolute Gasteiger partial charge is 0.340 e. The highest BCUT2D eigenvalue weighted by molar-refractivity contribution is 9.10. The van der Waals surface area contributed by atoms with Crippen LogP contribution in [0.3, 0.4) is 0 Å². The summed E-state index contributed by atoms with van der Waals surface area (Å²) < 4.78 is 13.9. The van der Waals surface area contributed by atoms with Crippen molar-refractivity contribution in [2.75, 3.05) is 5.32 Å². The normalized spacial score (nSPS) is 10.4. The van der Waals surface area contributed by atoms with Crippen LogP contribution in [0.25, 0.3) is 0 Å². The summed E-state index contributed by atoms with van der Waals surface area (Å²) in [6.45, 7) is 0. The van der Waals surface area contributed by atoms with Gasteiger partial charge in [0.25, 0.3) is 0 Å². The van der Waals surface area contributed by atoms with E-state index < -0.39 is 5.82 Å². The number of nitrogens with one attached hydrogen (secondary N) is 1. The van der Waals surface area contributed by atoms with Crippen LogP contribution in [0.1, 0.15) is 0 Å². The minimum atomic E-state index is -0.624. The molecule has 0 bridgehead atoms. The van der Waals surface area contributed by atoms with Crippen molar-refractivity contribution in [1.29, 1.82) is 0 Å². The monoisotopic (exact) mass is 334 g/mol. The summed E-state index contributed by atoms with van der Waals surface area (Å²) in [6.07, 6.45) is 0. The third-order valence-electron chi connectivity index (χ3n) is 1.97. The van der Waals surface area contributed by atoms with E-state index in [0.717, 1.165) is 0 Å². The second-order valence-electron chi connectivity index (χ2n) is 3.22. The van der Waals surface area contributed by atoms with Gasteiger partial charge >= 0.3 is 0 Å². The van der Waals surface area contributed by atoms with Gasteiger partial charge in [0.05, 0.1) is 10.0 Å². The number of nitrogens with zero attached hydrogens (tertiary/aromatic N) is 1. The van der Waals surface area contributed by atoms with Crippen molar-refractivity contribution in [3.63, 3.8) is 0 Å². The van der Waals surface area contributed by atoms with Crippen molar-refractivity contribution in [3.05, 3.63) is 50.8 Å². The molecule has 0 spiro atoms. The van der Waals surface area contributed by atoms with E-state index in [1.165, 1.54) is 12.1 Å². The molecule has 1 aromatic heterocycles. The van der Waals surface area contributed by atoms with Crippen LogP contribution in [0, 0.1) is 5.82 Å². The van der Waals surface area contributed by atoms with E-state index in [9.17, 15) is 4.39 Å². The highest BCUT2D eigenvalue weighted by Gasteiger charge is 2.07. The van der Waals surface area contributed by atoms with Crippen LogP contribution in [-0.2, 0) is 0 Å². The molecule has 1 N–H and O–H groups in total. The molecule has 0 aliphatic heterocycles. The van der Waals surface area contributed by atoms with Crippen LogP contribution >= 0.6 is 39.1 Å². The Bertz CT molecular complexity index is 540. The lowest BCUT2D eigenvalue weighted by molar-refractivity contribution is 0.629. The summed E-state index contributed by atoms with van der Waals surface area (Å²) in [7, 11) is 0. The minimum absolute atomic E-state index is 0.0324. The molecule has 0 fully saturated rings. The smallest absolute Gasteiger partial charge is 0.160 e. The predicted molar refractivity (Wildman–Crippen MR) is 71.6 cm³/mol. The Morgan fingerprint density at radius 3 is 2.41 bits per heavy atom. The molecule has 2 nitrogen and oxygen atoms in total. The summed E-state index contributed by atoms with van der Waals surface area (Å²) in [5.74, 6) is -0.0146. The molecule has 0 aliphatic rings. The summed E-state index contributed by atoms with van der Waals surface area (Å²) in [5.41, 5.74) is 0.576. The first-order valence-corrected chi connectivity index (χ1v) is 6.15. The molecule has 88 valence electrons. The Labute approximate surface area is 116 Å². The van der Waals surface area contributed by atoms with Gasteiger partial charge in [0.2, 0.25) is 0 Å². The van der Waals surface area contributed by atoms with Gasteiger partial charge in [-0.3, -0.25) is 0 Å². The van der Waals surface area contributed by atoms with Gasteiger partial charge in [-0.1, -0.05) is 29.3 Å². The highest BCUT2D eigenvalue weighted by atomic mass is 79.9. The fourth-order valence-corrected chi connectivity index (χ4v) is 2.08. The molecule has 0 unspecified atom stereocenters. The van der Waals surface area contributed by atoms with Crippen molar-refractivity contribution >= 4 is 50.6 Å². The third kappa shape index (κ3) is 3.09. The van der Waals surface area contributed by atoms with E-state index in [-0.39, 0.29) is 10.0 Å². The van der Waals surface area contributed by atoms with Gasteiger partial charge in [0, 0.05) is 5.69 Å². The predicted octanol–water partition coefficient (Wildman–Crippen LogP) is 5.03. The standard InChI is InChI=1S/C11H6BrCl2FN2/c12-9-2-1-3-10(17-9)16-6-4-7(13)11(15)8(14)5-6/h1-5H,(H,16,17). The van der Waals surface area contributed by atoms with Crippen molar-refractivity contribution in [3.8, 4) is 0 Å². The highest BCUT2D eigenvalue weighted by Crippen LogP contribution is 2.28. The van der Waals surface area contributed by atoms with Gasteiger partial charge in [0.15, 0.2) is 5.82 Å². The first-order chi connectivity index (χ1) is 8.06. The van der Waals surface area contributed by atoms with Crippen LogP contribution in [0.5, 0.6) is 0 Å². The van der Waals surface area contributed by atoms with Gasteiger partial charge in [-0.25, -0.2) is 9.37 Å². The number of benzene rings is 1. The topological polar surface area (TPSA) is 24.9 Å². The Morgan fingerprint density at radius 1 is 1.18 bits per heavy atom. The first-order valence-electron chi connectivity index (χ1n) is 4.60. The quantitative estimate of drug-likeness (QED) is 0.614. The number of halogens is 4. The molecule has 0 aliphatic carbocycles. The second-order valence-corrected chi connectivity index (χ2v) is 4.85. The SMILES string of the molecule is Fc1c(Cl)cc(Nc2cccc(Br)n2)cc1Cl. The zero-order chi connectivity index (χ0) is 12.4. The van der Waals surface area contributed by atoms with E-state index in [4.69, 9.17) is 23.2 Å². The number of anilines is 2. The molecule has 6 heteroatoms. The molecule has 2 aromatic rings. The molecule has 2 rings (SSSR count). The Balaban J connectivity index is 2.31. The maximum absolute atomic E-state index is 13.2. The van der Waals surface area contributed by atoms with Crippen LogP contribution < -0.4 is 5.32 Å². The van der Waals surface area contributed by atoms with E-state index in [1.54, 1.807) is 12.1 Å². The van der Waals surface area contributed by atoms with Crippen molar-refractivity contribution in [2.45, 2.75) is 0 Å². The van der Waals surface area contributed by atoms with Gasteiger partial charge in [-0.05, 0) is 40.2 Å². The van der Waals surface area contributed by atoms with Crippen LogP contribution in [0.2, 0.25) is 10.0 Å². The number of pyridine rings is 1. The lowest BCUT2D eigenvalue weighted by Crippen LogP contribution is -1.94. The van der Waals surface area contributed by atoms with E-state index in [2.05, 4.69) is 26.2 Å². The lowest BCUT2D eigenvalue weighted by Gasteiger charge is -2.07. The third-order valence-corrected chi connectivity index (χ3v) is 2.96. The average Bonchev–Trinajstić information content (AvgIpc) is 2.26. The molecule has 17 heavy (non-hydrogen) atoms. The maximum atomic E-state index is 13.2. The molecule has 0 atom stereocenters. The van der Waals surface area contributed by atoms with Gasteiger partial charge in [-0.2, -0.15) is 0 Å². The summed E-state index contributed by atoms with van der Waals surface area (Å²) in [4.78, 5) is 4.18.